The Balaban J connectivity index is 2.06. The monoisotopic (exact) mass is 312 g/mol. The first-order chi connectivity index (χ1) is 11.7. The second-order valence-corrected chi connectivity index (χ2v) is 5.83. The number of pyridine rings is 2. The van der Waals surface area contributed by atoms with Gasteiger partial charge in [0.15, 0.2) is 0 Å². The van der Waals surface area contributed by atoms with Crippen LogP contribution in [0.5, 0.6) is 0 Å². The molecule has 0 spiro atoms. The van der Waals surface area contributed by atoms with E-state index in [1.807, 2.05) is 36.7 Å². The molecule has 4 rings (SSSR count). The van der Waals surface area contributed by atoms with Crippen LogP contribution in [0.3, 0.4) is 0 Å². The molecule has 3 aromatic heterocycles. The largest absolute Gasteiger partial charge is 0.264 e. The second kappa shape index (κ2) is 5.81. The van der Waals surface area contributed by atoms with Crippen LogP contribution in [0, 0.1) is 13.8 Å². The van der Waals surface area contributed by atoms with Crippen LogP contribution in [-0.2, 0) is 0 Å². The molecule has 4 nitrogen and oxygen atoms in total. The van der Waals surface area contributed by atoms with Crippen molar-refractivity contribution in [1.82, 2.24) is 19.9 Å². The van der Waals surface area contributed by atoms with E-state index in [-0.39, 0.29) is 0 Å². The number of hydrogen-bond donors (Lipinski definition) is 0. The highest BCUT2D eigenvalue weighted by Crippen LogP contribution is 2.30. The summed E-state index contributed by atoms with van der Waals surface area (Å²) in [5.41, 5.74) is 7.76. The summed E-state index contributed by atoms with van der Waals surface area (Å²) in [7, 11) is 0. The van der Waals surface area contributed by atoms with E-state index in [9.17, 15) is 0 Å². The highest BCUT2D eigenvalue weighted by molar-refractivity contribution is 5.86. The predicted octanol–water partition coefficient (Wildman–Crippen LogP) is 4.37. The van der Waals surface area contributed by atoms with Crippen molar-refractivity contribution in [2.24, 2.45) is 0 Å². The van der Waals surface area contributed by atoms with E-state index in [1.54, 1.807) is 12.4 Å². The van der Waals surface area contributed by atoms with Gasteiger partial charge in [-0.1, -0.05) is 0 Å². The lowest BCUT2D eigenvalue weighted by atomic mass is 10.0. The van der Waals surface area contributed by atoms with Gasteiger partial charge in [-0.3, -0.25) is 9.97 Å². The van der Waals surface area contributed by atoms with Crippen LogP contribution in [0.15, 0.2) is 61.2 Å². The van der Waals surface area contributed by atoms with Crippen molar-refractivity contribution in [3.8, 4) is 22.5 Å². The zero-order valence-corrected chi connectivity index (χ0v) is 13.6. The molecule has 0 bridgehead atoms. The summed E-state index contributed by atoms with van der Waals surface area (Å²) in [5, 5.41) is 0. The lowest BCUT2D eigenvalue weighted by molar-refractivity contribution is 1.23. The van der Waals surface area contributed by atoms with Gasteiger partial charge in [0, 0.05) is 35.9 Å². The number of aromatic nitrogens is 4. The highest BCUT2D eigenvalue weighted by atomic mass is 14.8. The van der Waals surface area contributed by atoms with Gasteiger partial charge in [0.05, 0.1) is 22.4 Å². The number of benzene rings is 1. The number of nitrogens with zero attached hydrogens (tertiary/aromatic N) is 4. The summed E-state index contributed by atoms with van der Waals surface area (Å²) in [4.78, 5) is 18.2. The van der Waals surface area contributed by atoms with Gasteiger partial charge in [0.1, 0.15) is 0 Å². The van der Waals surface area contributed by atoms with Gasteiger partial charge < -0.3 is 0 Å². The third-order valence-corrected chi connectivity index (χ3v) is 4.15. The molecule has 4 aromatic rings. The fourth-order valence-corrected chi connectivity index (χ4v) is 2.72. The van der Waals surface area contributed by atoms with Gasteiger partial charge in [0.2, 0.25) is 0 Å². The van der Waals surface area contributed by atoms with Gasteiger partial charge in [-0.25, -0.2) is 9.97 Å². The number of rotatable bonds is 2. The van der Waals surface area contributed by atoms with Crippen molar-refractivity contribution < 1.29 is 0 Å². The normalized spacial score (nSPS) is 10.9. The van der Waals surface area contributed by atoms with E-state index in [1.165, 1.54) is 11.1 Å². The maximum atomic E-state index is 4.89. The van der Waals surface area contributed by atoms with Gasteiger partial charge >= 0.3 is 0 Å². The van der Waals surface area contributed by atoms with Crippen molar-refractivity contribution in [2.45, 2.75) is 13.8 Å². The predicted molar refractivity (Wildman–Crippen MR) is 95.5 cm³/mol. The Labute approximate surface area is 140 Å². The van der Waals surface area contributed by atoms with Crippen LogP contribution in [-0.4, -0.2) is 19.9 Å². The van der Waals surface area contributed by atoms with Crippen molar-refractivity contribution in [2.75, 3.05) is 0 Å². The van der Waals surface area contributed by atoms with E-state index >= 15 is 0 Å². The first-order valence-electron chi connectivity index (χ1n) is 7.82. The van der Waals surface area contributed by atoms with Gasteiger partial charge in [0.25, 0.3) is 0 Å². The quantitative estimate of drug-likeness (QED) is 0.551. The van der Waals surface area contributed by atoms with E-state index in [0.29, 0.717) is 0 Å². The minimum atomic E-state index is 0.826. The van der Waals surface area contributed by atoms with Gasteiger partial charge in [-0.2, -0.15) is 0 Å². The van der Waals surface area contributed by atoms with Crippen LogP contribution < -0.4 is 0 Å². The lowest BCUT2D eigenvalue weighted by Gasteiger charge is -2.11. The SMILES string of the molecule is Cc1cc2nc(-c3cccnc3)c(-c3cccnc3)nc2cc1C. The van der Waals surface area contributed by atoms with Crippen molar-refractivity contribution in [3.05, 3.63) is 72.3 Å². The molecule has 0 radical (unpaired) electrons. The molecule has 4 heteroatoms. The molecule has 0 saturated carbocycles. The number of aryl methyl sites for hydroxylation is 2. The third kappa shape index (κ3) is 2.52. The van der Waals surface area contributed by atoms with Gasteiger partial charge in [-0.05, 0) is 61.4 Å². The summed E-state index contributed by atoms with van der Waals surface area (Å²) in [5.74, 6) is 0. The van der Waals surface area contributed by atoms with Crippen LogP contribution in [0.25, 0.3) is 33.5 Å². The van der Waals surface area contributed by atoms with E-state index < -0.39 is 0 Å². The van der Waals surface area contributed by atoms with Crippen molar-refractivity contribution in [1.29, 1.82) is 0 Å². The van der Waals surface area contributed by atoms with Gasteiger partial charge in [-0.15, -0.1) is 0 Å². The number of hydrogen-bond acceptors (Lipinski definition) is 4. The average molecular weight is 312 g/mol. The number of fused-ring (bicyclic) bond motifs is 1. The van der Waals surface area contributed by atoms with Crippen LogP contribution in [0.1, 0.15) is 11.1 Å². The summed E-state index contributed by atoms with van der Waals surface area (Å²) < 4.78 is 0. The topological polar surface area (TPSA) is 51.6 Å². The molecule has 0 atom stereocenters. The summed E-state index contributed by atoms with van der Waals surface area (Å²) in [6, 6.07) is 12.0. The lowest BCUT2D eigenvalue weighted by Crippen LogP contribution is -1.97. The molecule has 0 fully saturated rings. The van der Waals surface area contributed by atoms with Crippen molar-refractivity contribution in [3.63, 3.8) is 0 Å². The standard InChI is InChI=1S/C20H16N4/c1-13-9-17-18(10-14(13)2)24-20(16-6-4-8-22-12-16)19(23-17)15-5-3-7-21-11-15/h3-12H,1-2H3. The molecule has 0 amide bonds. The van der Waals surface area contributed by atoms with E-state index in [0.717, 1.165) is 33.5 Å². The molecule has 0 aliphatic heterocycles. The fraction of sp³-hybridized carbons (Fsp3) is 0.100. The summed E-state index contributed by atoms with van der Waals surface area (Å²) in [6.07, 6.45) is 7.15. The second-order valence-electron chi connectivity index (χ2n) is 5.83. The average Bonchev–Trinajstić information content (AvgIpc) is 2.63. The molecular weight excluding hydrogens is 296 g/mol. The smallest absolute Gasteiger partial charge is 0.0989 e. The molecule has 0 aliphatic carbocycles. The van der Waals surface area contributed by atoms with Crippen LogP contribution in [0.4, 0.5) is 0 Å². The van der Waals surface area contributed by atoms with Crippen LogP contribution in [0.2, 0.25) is 0 Å². The zero-order valence-electron chi connectivity index (χ0n) is 13.6. The fourth-order valence-electron chi connectivity index (χ4n) is 2.72. The maximum absolute atomic E-state index is 4.89. The Bertz CT molecular complexity index is 928. The Kier molecular flexibility index (Phi) is 3.50. The summed E-state index contributed by atoms with van der Waals surface area (Å²) in [6.45, 7) is 4.18. The van der Waals surface area contributed by atoms with Crippen molar-refractivity contribution >= 4 is 11.0 Å². The molecule has 24 heavy (non-hydrogen) atoms. The molecule has 0 N–H and O–H groups in total. The van der Waals surface area contributed by atoms with Crippen LogP contribution >= 0.6 is 0 Å². The first-order valence-corrected chi connectivity index (χ1v) is 7.82. The third-order valence-electron chi connectivity index (χ3n) is 4.15. The van der Waals surface area contributed by atoms with E-state index in [4.69, 9.17) is 9.97 Å². The Morgan fingerprint density at radius 1 is 0.667 bits per heavy atom. The molecule has 1 aromatic carbocycles. The molecule has 0 aliphatic rings. The Morgan fingerprint density at radius 3 is 1.50 bits per heavy atom. The maximum Gasteiger partial charge on any atom is 0.0989 e. The first kappa shape index (κ1) is 14.5. The minimum absolute atomic E-state index is 0.826. The minimum Gasteiger partial charge on any atom is -0.264 e. The molecule has 0 saturated heterocycles. The zero-order chi connectivity index (χ0) is 16.5. The summed E-state index contributed by atoms with van der Waals surface area (Å²) >= 11 is 0. The molecule has 0 unspecified atom stereocenters. The Morgan fingerprint density at radius 2 is 1.12 bits per heavy atom. The Hall–Kier alpha value is -3.14. The molecule has 116 valence electrons. The molecular formula is C20H16N4. The molecule has 3 heterocycles. The van der Waals surface area contributed by atoms with E-state index in [2.05, 4.69) is 35.9 Å². The highest BCUT2D eigenvalue weighted by Gasteiger charge is 2.14.